The van der Waals surface area contributed by atoms with Crippen LogP contribution in [0.15, 0.2) is 0 Å². The topological polar surface area (TPSA) is 71.1 Å². The Morgan fingerprint density at radius 3 is 2.22 bits per heavy atom. The van der Waals surface area contributed by atoms with Crippen LogP contribution < -0.4 is 0 Å². The van der Waals surface area contributed by atoms with E-state index in [1.165, 1.54) is 14.2 Å². The summed E-state index contributed by atoms with van der Waals surface area (Å²) in [5.74, 6) is -2.75. The predicted molar refractivity (Wildman–Crippen MR) is 59.5 cm³/mol. The van der Waals surface area contributed by atoms with E-state index in [1.807, 2.05) is 0 Å². The largest absolute Gasteiger partial charge is 0.468 e. The van der Waals surface area contributed by atoms with Crippen molar-refractivity contribution in [2.24, 2.45) is 11.8 Å². The maximum Gasteiger partial charge on any atom is 0.320 e. The first-order chi connectivity index (χ1) is 8.62. The van der Waals surface area contributed by atoms with Crippen LogP contribution in [0.5, 0.6) is 0 Å². The molecule has 0 aromatic carbocycles. The molecule has 0 amide bonds. The Labute approximate surface area is 106 Å². The predicted octanol–water partition coefficient (Wildman–Crippen LogP) is 0.492. The van der Waals surface area contributed by atoms with Crippen LogP contribution in [0.25, 0.3) is 0 Å². The van der Waals surface area contributed by atoms with Crippen molar-refractivity contribution in [3.8, 4) is 0 Å². The lowest BCUT2D eigenvalue weighted by Crippen LogP contribution is -2.34. The fourth-order valence-electron chi connectivity index (χ4n) is 2.79. The van der Waals surface area contributed by atoms with Crippen molar-refractivity contribution < 1.29 is 28.5 Å². The molecule has 0 radical (unpaired) electrons. The summed E-state index contributed by atoms with van der Waals surface area (Å²) >= 11 is 0. The second-order valence-electron chi connectivity index (χ2n) is 4.63. The van der Waals surface area contributed by atoms with Crippen molar-refractivity contribution >= 4 is 11.9 Å². The number of rotatable bonds is 3. The Hall–Kier alpha value is -1.14. The van der Waals surface area contributed by atoms with Crippen LogP contribution in [0.4, 0.5) is 0 Å². The number of carbonyl (C=O) groups is 2. The molecule has 2 aliphatic rings. The summed E-state index contributed by atoms with van der Waals surface area (Å²) in [7, 11) is 2.54. The van der Waals surface area contributed by atoms with Crippen molar-refractivity contribution in [1.29, 1.82) is 0 Å². The fraction of sp³-hybridized carbons (Fsp3) is 0.833. The Morgan fingerprint density at radius 1 is 1.17 bits per heavy atom. The van der Waals surface area contributed by atoms with Gasteiger partial charge in [-0.25, -0.2) is 0 Å². The lowest BCUT2D eigenvalue weighted by molar-refractivity contribution is -0.166. The highest BCUT2D eigenvalue weighted by atomic mass is 16.7. The second kappa shape index (κ2) is 5.24. The van der Waals surface area contributed by atoms with Crippen LogP contribution in [-0.4, -0.2) is 45.2 Å². The van der Waals surface area contributed by atoms with Gasteiger partial charge in [0.1, 0.15) is 0 Å². The molecule has 6 heteroatoms. The zero-order chi connectivity index (χ0) is 13.2. The molecule has 0 bridgehead atoms. The molecule has 0 unspecified atom stereocenters. The second-order valence-corrected chi connectivity index (χ2v) is 4.63. The van der Waals surface area contributed by atoms with Gasteiger partial charge >= 0.3 is 11.9 Å². The summed E-state index contributed by atoms with van der Waals surface area (Å²) in [5, 5.41) is 0. The molecular weight excluding hydrogens is 240 g/mol. The summed E-state index contributed by atoms with van der Waals surface area (Å²) in [6.07, 6.45) is 1.92. The third kappa shape index (κ3) is 2.35. The minimum Gasteiger partial charge on any atom is -0.468 e. The number of ether oxygens (including phenoxy) is 4. The Kier molecular flexibility index (Phi) is 3.87. The van der Waals surface area contributed by atoms with Gasteiger partial charge in [-0.2, -0.15) is 0 Å². The zero-order valence-electron chi connectivity index (χ0n) is 10.6. The normalized spacial score (nSPS) is 25.6. The van der Waals surface area contributed by atoms with Gasteiger partial charge in [0.25, 0.3) is 0 Å². The molecule has 1 heterocycles. The smallest absolute Gasteiger partial charge is 0.320 e. The van der Waals surface area contributed by atoms with Crippen LogP contribution in [-0.2, 0) is 28.5 Å². The van der Waals surface area contributed by atoms with Crippen LogP contribution >= 0.6 is 0 Å². The first kappa shape index (κ1) is 13.3. The van der Waals surface area contributed by atoms with E-state index in [9.17, 15) is 9.59 Å². The average molecular weight is 258 g/mol. The van der Waals surface area contributed by atoms with Crippen molar-refractivity contribution in [2.75, 3.05) is 27.4 Å². The third-order valence-electron chi connectivity index (χ3n) is 3.66. The van der Waals surface area contributed by atoms with Gasteiger partial charge in [0.2, 0.25) is 0 Å². The molecule has 6 nitrogen and oxygen atoms in total. The van der Waals surface area contributed by atoms with E-state index in [1.54, 1.807) is 0 Å². The molecule has 1 aliphatic heterocycles. The number of carbonyl (C=O) groups excluding carboxylic acids is 2. The van der Waals surface area contributed by atoms with E-state index in [4.69, 9.17) is 9.47 Å². The zero-order valence-corrected chi connectivity index (χ0v) is 10.6. The SMILES string of the molecule is COC(=O)C(C(=O)OC)[C@@H]1CCC2(C1)OCCO2. The van der Waals surface area contributed by atoms with Crippen LogP contribution in [0, 0.1) is 11.8 Å². The van der Waals surface area contributed by atoms with Crippen molar-refractivity contribution in [3.05, 3.63) is 0 Å². The third-order valence-corrected chi connectivity index (χ3v) is 3.66. The number of hydrogen-bond acceptors (Lipinski definition) is 6. The molecule has 1 atom stereocenters. The molecule has 0 aromatic rings. The van der Waals surface area contributed by atoms with E-state index in [-0.39, 0.29) is 5.92 Å². The molecule has 0 aromatic heterocycles. The van der Waals surface area contributed by atoms with Crippen molar-refractivity contribution in [2.45, 2.75) is 25.0 Å². The lowest BCUT2D eigenvalue weighted by Gasteiger charge is -2.23. The fourth-order valence-corrected chi connectivity index (χ4v) is 2.79. The van der Waals surface area contributed by atoms with Gasteiger partial charge in [-0.05, 0) is 12.3 Å². The van der Waals surface area contributed by atoms with Crippen molar-refractivity contribution in [3.63, 3.8) is 0 Å². The van der Waals surface area contributed by atoms with E-state index < -0.39 is 23.6 Å². The standard InChI is InChI=1S/C12H18O6/c1-15-10(13)9(11(14)16-2)8-3-4-12(7-8)17-5-6-18-12/h8-9H,3-7H2,1-2H3/t8-/m1/s1. The summed E-state index contributed by atoms with van der Waals surface area (Å²) in [6, 6.07) is 0. The van der Waals surface area contributed by atoms with Crippen molar-refractivity contribution in [1.82, 2.24) is 0 Å². The molecule has 18 heavy (non-hydrogen) atoms. The number of hydrogen-bond donors (Lipinski definition) is 0. The molecule has 1 spiro atoms. The van der Waals surface area contributed by atoms with E-state index in [0.717, 1.165) is 0 Å². The molecule has 0 N–H and O–H groups in total. The minimum atomic E-state index is -0.882. The molecule has 2 rings (SSSR count). The van der Waals surface area contributed by atoms with Gasteiger partial charge in [-0.1, -0.05) is 0 Å². The van der Waals surface area contributed by atoms with Crippen LogP contribution in [0.3, 0.4) is 0 Å². The first-order valence-electron chi connectivity index (χ1n) is 6.05. The molecular formula is C12H18O6. The van der Waals surface area contributed by atoms with Gasteiger partial charge in [-0.15, -0.1) is 0 Å². The van der Waals surface area contributed by atoms with Gasteiger partial charge in [0, 0.05) is 12.8 Å². The molecule has 1 saturated heterocycles. The highest BCUT2D eigenvalue weighted by molar-refractivity contribution is 5.95. The molecule has 102 valence electrons. The highest BCUT2D eigenvalue weighted by Crippen LogP contribution is 2.44. The van der Waals surface area contributed by atoms with Gasteiger partial charge in [-0.3, -0.25) is 9.59 Å². The summed E-state index contributed by atoms with van der Waals surface area (Å²) in [4.78, 5) is 23.4. The number of methoxy groups -OCH3 is 2. The molecule has 1 aliphatic carbocycles. The van der Waals surface area contributed by atoms with E-state index in [0.29, 0.717) is 32.5 Å². The van der Waals surface area contributed by atoms with E-state index in [2.05, 4.69) is 9.47 Å². The van der Waals surface area contributed by atoms with Crippen LogP contribution in [0.2, 0.25) is 0 Å². The van der Waals surface area contributed by atoms with E-state index >= 15 is 0 Å². The Balaban J connectivity index is 2.08. The monoisotopic (exact) mass is 258 g/mol. The lowest BCUT2D eigenvalue weighted by atomic mass is 9.90. The minimum absolute atomic E-state index is 0.150. The maximum absolute atomic E-state index is 11.7. The summed E-state index contributed by atoms with van der Waals surface area (Å²) in [5.41, 5.74) is 0. The van der Waals surface area contributed by atoms with Crippen LogP contribution in [0.1, 0.15) is 19.3 Å². The van der Waals surface area contributed by atoms with Gasteiger partial charge < -0.3 is 18.9 Å². The highest BCUT2D eigenvalue weighted by Gasteiger charge is 2.50. The van der Waals surface area contributed by atoms with Gasteiger partial charge in [0.15, 0.2) is 11.7 Å². The summed E-state index contributed by atoms with van der Waals surface area (Å²) in [6.45, 7) is 1.13. The van der Waals surface area contributed by atoms with Gasteiger partial charge in [0.05, 0.1) is 27.4 Å². The number of esters is 2. The quantitative estimate of drug-likeness (QED) is 0.542. The first-order valence-corrected chi connectivity index (χ1v) is 6.05. The summed E-state index contributed by atoms with van der Waals surface area (Å²) < 4.78 is 20.5. The Bertz CT molecular complexity index is 317. The Morgan fingerprint density at radius 2 is 1.72 bits per heavy atom. The molecule has 1 saturated carbocycles. The average Bonchev–Trinajstić information content (AvgIpc) is 3.00. The maximum atomic E-state index is 11.7. The molecule has 2 fully saturated rings.